The van der Waals surface area contributed by atoms with Crippen molar-refractivity contribution in [3.05, 3.63) is 30.1 Å². The molecule has 128 valence electrons. The van der Waals surface area contributed by atoms with Crippen LogP contribution in [0.3, 0.4) is 0 Å². The number of hydrogen-bond acceptors (Lipinski definition) is 4. The molecular formula is C17H22N4O3. The number of fused-ring (bicyclic) bond motifs is 1. The number of ether oxygens (including phenoxy) is 1. The first-order chi connectivity index (χ1) is 11.6. The van der Waals surface area contributed by atoms with Gasteiger partial charge in [0.2, 0.25) is 5.91 Å². The van der Waals surface area contributed by atoms with E-state index in [0.29, 0.717) is 5.82 Å². The molecule has 1 aliphatic heterocycles. The fourth-order valence-electron chi connectivity index (χ4n) is 3.06. The zero-order valence-electron chi connectivity index (χ0n) is 14.1. The second kappa shape index (κ2) is 6.90. The molecule has 1 fully saturated rings. The maximum atomic E-state index is 12.6. The van der Waals surface area contributed by atoms with Crippen molar-refractivity contribution in [3.63, 3.8) is 0 Å². The first kappa shape index (κ1) is 16.3. The molecule has 24 heavy (non-hydrogen) atoms. The van der Waals surface area contributed by atoms with Crippen LogP contribution in [0.15, 0.2) is 24.3 Å². The third kappa shape index (κ3) is 3.20. The van der Waals surface area contributed by atoms with Crippen LogP contribution in [0.25, 0.3) is 11.0 Å². The Labute approximate surface area is 140 Å². The number of carbonyl (C=O) groups is 2. The minimum Gasteiger partial charge on any atom is -0.453 e. The molecule has 0 aliphatic carbocycles. The highest BCUT2D eigenvalue weighted by Crippen LogP contribution is 2.18. The number of imidazole rings is 1. The van der Waals surface area contributed by atoms with Gasteiger partial charge in [-0.1, -0.05) is 12.1 Å². The number of hydrogen-bond donors (Lipinski definition) is 0. The Morgan fingerprint density at radius 3 is 2.67 bits per heavy atom. The van der Waals surface area contributed by atoms with E-state index in [9.17, 15) is 9.59 Å². The van der Waals surface area contributed by atoms with E-state index in [1.54, 1.807) is 7.05 Å². The fraction of sp³-hybridized carbons (Fsp3) is 0.471. The fourth-order valence-corrected chi connectivity index (χ4v) is 3.06. The topological polar surface area (TPSA) is 67.7 Å². The summed E-state index contributed by atoms with van der Waals surface area (Å²) in [5, 5.41) is 0. The Balaban J connectivity index is 1.89. The molecule has 0 bridgehead atoms. The third-order valence-corrected chi connectivity index (χ3v) is 4.35. The zero-order valence-corrected chi connectivity index (χ0v) is 14.1. The van der Waals surface area contributed by atoms with E-state index >= 15 is 0 Å². The number of para-hydroxylation sites is 2. The standard InChI is InChI=1S/C17H22N4O3/c1-19(17(23)24-2)11-15-18-13-7-3-4-8-14(13)21(15)12-16(22)20-9-5-6-10-20/h3-4,7-8H,5-6,9-12H2,1-2H3. The minimum atomic E-state index is -0.431. The lowest BCUT2D eigenvalue weighted by molar-refractivity contribution is -0.130. The van der Waals surface area contributed by atoms with E-state index in [4.69, 9.17) is 4.74 Å². The molecule has 0 spiro atoms. The van der Waals surface area contributed by atoms with Crippen LogP contribution >= 0.6 is 0 Å². The lowest BCUT2D eigenvalue weighted by Gasteiger charge is -2.19. The van der Waals surface area contributed by atoms with Gasteiger partial charge in [0.05, 0.1) is 24.7 Å². The van der Waals surface area contributed by atoms with Crippen molar-refractivity contribution >= 4 is 23.0 Å². The third-order valence-electron chi connectivity index (χ3n) is 4.35. The molecule has 0 unspecified atom stereocenters. The van der Waals surface area contributed by atoms with Gasteiger partial charge in [0.25, 0.3) is 0 Å². The first-order valence-electron chi connectivity index (χ1n) is 8.11. The highest BCUT2D eigenvalue weighted by molar-refractivity contribution is 5.81. The van der Waals surface area contributed by atoms with Crippen molar-refractivity contribution < 1.29 is 14.3 Å². The van der Waals surface area contributed by atoms with E-state index < -0.39 is 6.09 Å². The van der Waals surface area contributed by atoms with Gasteiger partial charge in [0.1, 0.15) is 12.4 Å². The Hall–Kier alpha value is -2.57. The number of rotatable bonds is 4. The minimum absolute atomic E-state index is 0.0950. The van der Waals surface area contributed by atoms with Crippen LogP contribution in [0.5, 0.6) is 0 Å². The summed E-state index contributed by atoms with van der Waals surface area (Å²) in [6, 6.07) is 7.69. The van der Waals surface area contributed by atoms with Crippen LogP contribution in [-0.2, 0) is 22.6 Å². The van der Waals surface area contributed by atoms with Crippen LogP contribution in [0, 0.1) is 0 Å². The van der Waals surface area contributed by atoms with E-state index in [-0.39, 0.29) is 19.0 Å². The van der Waals surface area contributed by atoms with Crippen molar-refractivity contribution in [2.45, 2.75) is 25.9 Å². The van der Waals surface area contributed by atoms with Crippen molar-refractivity contribution in [2.24, 2.45) is 0 Å². The molecule has 0 atom stereocenters. The highest BCUT2D eigenvalue weighted by atomic mass is 16.5. The molecule has 1 aliphatic rings. The monoisotopic (exact) mass is 330 g/mol. The molecule has 3 rings (SSSR count). The highest BCUT2D eigenvalue weighted by Gasteiger charge is 2.22. The van der Waals surface area contributed by atoms with E-state index in [0.717, 1.165) is 37.0 Å². The Morgan fingerprint density at radius 1 is 1.25 bits per heavy atom. The van der Waals surface area contributed by atoms with Crippen LogP contribution < -0.4 is 0 Å². The zero-order chi connectivity index (χ0) is 17.1. The Kier molecular flexibility index (Phi) is 4.69. The molecule has 2 amide bonds. The smallest absolute Gasteiger partial charge is 0.409 e. The van der Waals surface area contributed by atoms with Gasteiger partial charge in [-0.15, -0.1) is 0 Å². The molecule has 2 aromatic rings. The van der Waals surface area contributed by atoms with Gasteiger partial charge < -0.3 is 19.1 Å². The number of likely N-dealkylation sites (tertiary alicyclic amines) is 1. The molecule has 7 heteroatoms. The predicted molar refractivity (Wildman–Crippen MR) is 89.4 cm³/mol. The van der Waals surface area contributed by atoms with Crippen molar-refractivity contribution in [3.8, 4) is 0 Å². The molecule has 0 N–H and O–H groups in total. The van der Waals surface area contributed by atoms with Crippen LogP contribution in [0.4, 0.5) is 4.79 Å². The number of amides is 2. The summed E-state index contributed by atoms with van der Waals surface area (Å²) < 4.78 is 6.63. The molecule has 1 saturated heterocycles. The van der Waals surface area contributed by atoms with Crippen molar-refractivity contribution in [1.82, 2.24) is 19.4 Å². The van der Waals surface area contributed by atoms with Gasteiger partial charge in [0, 0.05) is 20.1 Å². The summed E-state index contributed by atoms with van der Waals surface area (Å²) in [5.74, 6) is 0.772. The van der Waals surface area contributed by atoms with E-state index in [1.807, 2.05) is 33.7 Å². The molecule has 1 aromatic carbocycles. The predicted octanol–water partition coefficient (Wildman–Crippen LogP) is 1.86. The normalized spacial score (nSPS) is 14.2. The Bertz CT molecular complexity index is 749. The largest absolute Gasteiger partial charge is 0.453 e. The second-order valence-electron chi connectivity index (χ2n) is 6.02. The molecule has 7 nitrogen and oxygen atoms in total. The maximum absolute atomic E-state index is 12.6. The molecule has 0 saturated carbocycles. The van der Waals surface area contributed by atoms with Crippen LogP contribution in [-0.4, -0.2) is 58.6 Å². The summed E-state index contributed by atoms with van der Waals surface area (Å²) in [7, 11) is 3.00. The maximum Gasteiger partial charge on any atom is 0.409 e. The molecule has 1 aromatic heterocycles. The summed E-state index contributed by atoms with van der Waals surface area (Å²) in [4.78, 5) is 32.1. The first-order valence-corrected chi connectivity index (χ1v) is 8.11. The number of carbonyl (C=O) groups excluding carboxylic acids is 2. The summed E-state index contributed by atoms with van der Waals surface area (Å²) in [5.41, 5.74) is 1.72. The molecule has 2 heterocycles. The van der Waals surface area contributed by atoms with Gasteiger partial charge in [-0.2, -0.15) is 0 Å². The number of methoxy groups -OCH3 is 1. The number of aromatic nitrogens is 2. The van der Waals surface area contributed by atoms with Gasteiger partial charge in [-0.05, 0) is 25.0 Å². The number of benzene rings is 1. The van der Waals surface area contributed by atoms with Gasteiger partial charge >= 0.3 is 6.09 Å². The Morgan fingerprint density at radius 2 is 1.96 bits per heavy atom. The van der Waals surface area contributed by atoms with Crippen LogP contribution in [0.2, 0.25) is 0 Å². The SMILES string of the molecule is COC(=O)N(C)Cc1nc2ccccc2n1CC(=O)N1CCCC1. The van der Waals surface area contributed by atoms with Crippen molar-refractivity contribution in [2.75, 3.05) is 27.2 Å². The molecular weight excluding hydrogens is 308 g/mol. The van der Waals surface area contributed by atoms with Gasteiger partial charge in [-0.3, -0.25) is 4.79 Å². The summed E-state index contributed by atoms with van der Waals surface area (Å²) in [6.07, 6.45) is 1.70. The average Bonchev–Trinajstić information content (AvgIpc) is 3.23. The second-order valence-corrected chi connectivity index (χ2v) is 6.02. The quantitative estimate of drug-likeness (QED) is 0.858. The molecule has 0 radical (unpaired) electrons. The average molecular weight is 330 g/mol. The summed E-state index contributed by atoms with van der Waals surface area (Å²) in [6.45, 7) is 2.17. The van der Waals surface area contributed by atoms with E-state index in [1.165, 1.54) is 12.0 Å². The summed E-state index contributed by atoms with van der Waals surface area (Å²) >= 11 is 0. The number of nitrogens with zero attached hydrogens (tertiary/aromatic N) is 4. The van der Waals surface area contributed by atoms with E-state index in [2.05, 4.69) is 4.98 Å². The van der Waals surface area contributed by atoms with Gasteiger partial charge in [-0.25, -0.2) is 9.78 Å². The van der Waals surface area contributed by atoms with Crippen molar-refractivity contribution in [1.29, 1.82) is 0 Å². The van der Waals surface area contributed by atoms with Crippen LogP contribution in [0.1, 0.15) is 18.7 Å². The van der Waals surface area contributed by atoms with Gasteiger partial charge in [0.15, 0.2) is 0 Å². The lowest BCUT2D eigenvalue weighted by atomic mass is 10.3. The lowest BCUT2D eigenvalue weighted by Crippen LogP contribution is -2.32.